The first-order valence-corrected chi connectivity index (χ1v) is 4.28. The maximum absolute atomic E-state index is 8.89. The van der Waals surface area contributed by atoms with Crippen molar-refractivity contribution < 1.29 is 0 Å². The highest BCUT2D eigenvalue weighted by Gasteiger charge is 2.59. The Hall–Kier alpha value is -2.37. The quantitative estimate of drug-likeness (QED) is 0.505. The molecule has 5 unspecified atom stereocenters. The van der Waals surface area contributed by atoms with Crippen LogP contribution in [0.2, 0.25) is 0 Å². The summed E-state index contributed by atoms with van der Waals surface area (Å²) in [5.74, 6) is -2.04. The van der Waals surface area contributed by atoms with E-state index in [0.29, 0.717) is 0 Å². The van der Waals surface area contributed by atoms with Crippen LogP contribution < -0.4 is 0 Å². The van der Waals surface area contributed by atoms with Gasteiger partial charge in [-0.25, -0.2) is 13.1 Å². The van der Waals surface area contributed by atoms with E-state index >= 15 is 0 Å². The van der Waals surface area contributed by atoms with Gasteiger partial charge in [-0.15, -0.1) is 0 Å². The molecule has 0 aromatic heterocycles. The van der Waals surface area contributed by atoms with Crippen molar-refractivity contribution in [1.29, 1.82) is 15.9 Å². The lowest BCUT2D eigenvalue weighted by molar-refractivity contribution is 0.528. The Morgan fingerprint density at radius 2 is 1.60 bits per heavy atom. The van der Waals surface area contributed by atoms with E-state index in [4.69, 9.17) is 29.1 Å². The van der Waals surface area contributed by atoms with Gasteiger partial charge < -0.3 is 15.1 Å². The van der Waals surface area contributed by atoms with Crippen LogP contribution in [0.15, 0.2) is 0 Å². The summed E-state index contributed by atoms with van der Waals surface area (Å²) in [4.78, 5) is 6.52. The lowest BCUT2D eigenvalue weighted by atomic mass is 9.91. The first-order chi connectivity index (χ1) is 7.24. The molecule has 0 bridgehead atoms. The van der Waals surface area contributed by atoms with E-state index in [9.17, 15) is 0 Å². The van der Waals surface area contributed by atoms with E-state index in [0.717, 1.165) is 6.21 Å². The summed E-state index contributed by atoms with van der Waals surface area (Å²) >= 11 is 0. The van der Waals surface area contributed by atoms with Gasteiger partial charge in [0, 0.05) is 6.21 Å². The molecule has 1 N–H and O–H groups in total. The predicted molar refractivity (Wildman–Crippen MR) is 51.3 cm³/mol. The van der Waals surface area contributed by atoms with Gasteiger partial charge >= 0.3 is 12.1 Å². The van der Waals surface area contributed by atoms with Crippen molar-refractivity contribution in [2.24, 2.45) is 17.8 Å². The predicted octanol–water partition coefficient (Wildman–Crippen LogP) is 1.12. The van der Waals surface area contributed by atoms with Crippen LogP contribution in [-0.4, -0.2) is 18.3 Å². The van der Waals surface area contributed by atoms with Crippen LogP contribution in [0.5, 0.6) is 0 Å². The van der Waals surface area contributed by atoms with Crippen molar-refractivity contribution in [3.8, 4) is 12.1 Å². The van der Waals surface area contributed by atoms with E-state index in [1.54, 1.807) is 0 Å². The molecule has 0 aliphatic heterocycles. The van der Waals surface area contributed by atoms with Gasteiger partial charge in [0.25, 0.3) is 0 Å². The zero-order valence-electron chi connectivity index (χ0n) is 7.75. The van der Waals surface area contributed by atoms with E-state index in [1.165, 1.54) is 0 Å². The third-order valence-corrected chi connectivity index (χ3v) is 2.70. The van der Waals surface area contributed by atoms with Crippen LogP contribution in [0.4, 0.5) is 0 Å². The molecule has 0 heterocycles. The van der Waals surface area contributed by atoms with Gasteiger partial charge in [0.1, 0.15) is 5.92 Å². The highest BCUT2D eigenvalue weighted by atomic mass is 14.9. The molecular formula is C10H7N5. The minimum absolute atomic E-state index is 0.587. The van der Waals surface area contributed by atoms with Crippen LogP contribution in [0.1, 0.15) is 0 Å². The Balaban J connectivity index is 3.20. The molecule has 0 aromatic carbocycles. The highest BCUT2D eigenvalue weighted by Crippen LogP contribution is 2.39. The second-order valence-corrected chi connectivity index (χ2v) is 3.29. The molecule has 1 saturated carbocycles. The lowest BCUT2D eigenvalue weighted by Gasteiger charge is -2.04. The molecule has 0 amide bonds. The topological polar surface area (TPSA) is 80.1 Å². The van der Waals surface area contributed by atoms with Gasteiger partial charge in [0.2, 0.25) is 0 Å². The van der Waals surface area contributed by atoms with Crippen LogP contribution in [0.25, 0.3) is 9.69 Å². The van der Waals surface area contributed by atoms with Gasteiger partial charge in [-0.1, -0.05) is 0 Å². The summed E-state index contributed by atoms with van der Waals surface area (Å²) in [6.07, 6.45) is 1.02. The molecular weight excluding hydrogens is 190 g/mol. The molecule has 0 spiro atoms. The Morgan fingerprint density at radius 3 is 1.93 bits per heavy atom. The van der Waals surface area contributed by atoms with Gasteiger partial charge in [-0.2, -0.15) is 10.5 Å². The van der Waals surface area contributed by atoms with Gasteiger partial charge in [0.15, 0.2) is 0 Å². The molecule has 5 heteroatoms. The van der Waals surface area contributed by atoms with Crippen molar-refractivity contribution in [3.05, 3.63) is 22.8 Å². The molecule has 1 aliphatic carbocycles. The van der Waals surface area contributed by atoms with Gasteiger partial charge in [-0.3, -0.25) is 0 Å². The van der Waals surface area contributed by atoms with Crippen molar-refractivity contribution in [1.82, 2.24) is 0 Å². The van der Waals surface area contributed by atoms with Crippen molar-refractivity contribution in [2.75, 3.05) is 0 Å². The van der Waals surface area contributed by atoms with Crippen molar-refractivity contribution >= 4 is 6.21 Å². The average Bonchev–Trinajstić information content (AvgIpc) is 2.59. The third kappa shape index (κ3) is 1.41. The Labute approximate surface area is 87.7 Å². The summed E-state index contributed by atoms with van der Waals surface area (Å²) in [5.41, 5.74) is 0. The first kappa shape index (κ1) is 10.7. The fourth-order valence-corrected chi connectivity index (χ4v) is 1.95. The van der Waals surface area contributed by atoms with E-state index in [2.05, 4.69) is 9.69 Å². The fourth-order valence-electron chi connectivity index (χ4n) is 1.95. The summed E-state index contributed by atoms with van der Waals surface area (Å²) < 4.78 is 0. The molecule has 0 saturated heterocycles. The molecule has 0 aromatic rings. The lowest BCUT2D eigenvalue weighted by Crippen LogP contribution is -2.22. The molecule has 15 heavy (non-hydrogen) atoms. The van der Waals surface area contributed by atoms with E-state index in [1.807, 2.05) is 12.1 Å². The Morgan fingerprint density at radius 1 is 1.07 bits per heavy atom. The number of nitrogens with one attached hydrogen (secondary N) is 1. The fraction of sp³-hybridized carbons (Fsp3) is 0.500. The SMILES string of the molecule is [C-]#[N+]C1C(C#N)C(C#N)C(C=N)C1[N+]#[C-]. The molecule has 1 fully saturated rings. The van der Waals surface area contributed by atoms with Gasteiger partial charge in [-0.05, 0) is 0 Å². The minimum atomic E-state index is -0.774. The minimum Gasteiger partial charge on any atom is -0.312 e. The van der Waals surface area contributed by atoms with Crippen LogP contribution >= 0.6 is 0 Å². The van der Waals surface area contributed by atoms with Crippen molar-refractivity contribution in [3.63, 3.8) is 0 Å². The van der Waals surface area contributed by atoms with Crippen LogP contribution in [0, 0.1) is 59.0 Å². The largest absolute Gasteiger partial charge is 0.314 e. The van der Waals surface area contributed by atoms with Gasteiger partial charge in [0.05, 0.1) is 24.0 Å². The zero-order valence-corrected chi connectivity index (χ0v) is 7.75. The molecule has 0 radical (unpaired) electrons. The molecule has 1 rings (SSSR count). The van der Waals surface area contributed by atoms with E-state index < -0.39 is 29.8 Å². The molecule has 5 nitrogen and oxygen atoms in total. The standard InChI is InChI=1S/C10H7N5/c1-14-9-7(4-12)6(3-11)8(5-13)10(9)15-2/h4,6-10,12H. The van der Waals surface area contributed by atoms with Crippen LogP contribution in [0.3, 0.4) is 0 Å². The summed E-state index contributed by atoms with van der Waals surface area (Å²) in [5, 5.41) is 24.9. The smallest absolute Gasteiger partial charge is 0.312 e. The normalized spacial score (nSPS) is 38.0. The number of nitriles is 2. The second kappa shape index (κ2) is 4.23. The summed E-state index contributed by atoms with van der Waals surface area (Å²) in [7, 11) is 0. The summed E-state index contributed by atoms with van der Waals surface area (Å²) in [6.45, 7) is 13.9. The molecule has 5 atom stereocenters. The van der Waals surface area contributed by atoms with Crippen molar-refractivity contribution in [2.45, 2.75) is 12.1 Å². The second-order valence-electron chi connectivity index (χ2n) is 3.29. The molecule has 72 valence electrons. The van der Waals surface area contributed by atoms with E-state index in [-0.39, 0.29) is 0 Å². The highest BCUT2D eigenvalue weighted by molar-refractivity contribution is 5.62. The number of hydrogen-bond acceptors (Lipinski definition) is 3. The number of nitrogens with zero attached hydrogens (tertiary/aromatic N) is 4. The first-order valence-electron chi connectivity index (χ1n) is 4.28. The van der Waals surface area contributed by atoms with Crippen LogP contribution in [-0.2, 0) is 0 Å². The monoisotopic (exact) mass is 197 g/mol. The number of rotatable bonds is 1. The average molecular weight is 197 g/mol. The summed E-state index contributed by atoms with van der Waals surface area (Å²) in [6, 6.07) is 2.34. The Kier molecular flexibility index (Phi) is 3.02. The maximum Gasteiger partial charge on any atom is 0.314 e. The Bertz CT molecular complexity index is 389. The number of hydrogen-bond donors (Lipinski definition) is 1. The maximum atomic E-state index is 8.89. The third-order valence-electron chi connectivity index (χ3n) is 2.70. The molecule has 1 aliphatic rings. The zero-order chi connectivity index (χ0) is 11.4.